The lowest BCUT2D eigenvalue weighted by Gasteiger charge is -2.30. The average Bonchev–Trinajstić information content (AvgIpc) is 2.67. The third-order valence-corrected chi connectivity index (χ3v) is 5.24. The van der Waals surface area contributed by atoms with E-state index in [1.165, 1.54) is 25.7 Å². The van der Waals surface area contributed by atoms with Gasteiger partial charge in [0.25, 0.3) is 5.91 Å². The Balaban J connectivity index is 1.44. The number of rotatable bonds is 5. The number of nitrogens with one attached hydrogen (secondary N) is 2. The zero-order valence-corrected chi connectivity index (χ0v) is 15.8. The number of amides is 1. The molecule has 0 bridgehead atoms. The van der Waals surface area contributed by atoms with Gasteiger partial charge in [-0.1, -0.05) is 19.1 Å². The van der Waals surface area contributed by atoms with Gasteiger partial charge in [0.1, 0.15) is 5.75 Å². The van der Waals surface area contributed by atoms with E-state index in [2.05, 4.69) is 22.5 Å². The van der Waals surface area contributed by atoms with Crippen molar-refractivity contribution in [3.05, 3.63) is 24.3 Å². The maximum atomic E-state index is 12.2. The van der Waals surface area contributed by atoms with E-state index in [4.69, 9.17) is 4.74 Å². The van der Waals surface area contributed by atoms with E-state index in [0.717, 1.165) is 36.3 Å². The van der Waals surface area contributed by atoms with Crippen LogP contribution in [0.2, 0.25) is 0 Å². The van der Waals surface area contributed by atoms with Crippen LogP contribution >= 0.6 is 0 Å². The fraction of sp³-hybridized carbons (Fsp3) is 0.600. The summed E-state index contributed by atoms with van der Waals surface area (Å²) in [6, 6.07) is 8.22. The summed E-state index contributed by atoms with van der Waals surface area (Å²) in [5.74, 6) is 2.50. The molecule has 6 heteroatoms. The third kappa shape index (κ3) is 4.68. The fourth-order valence-electron chi connectivity index (χ4n) is 3.64. The van der Waals surface area contributed by atoms with E-state index in [-0.39, 0.29) is 12.5 Å². The molecule has 26 heavy (non-hydrogen) atoms. The molecule has 1 saturated carbocycles. The molecule has 1 aliphatic carbocycles. The predicted molar refractivity (Wildman–Crippen MR) is 105 cm³/mol. The van der Waals surface area contributed by atoms with Crippen molar-refractivity contribution in [1.29, 1.82) is 0 Å². The summed E-state index contributed by atoms with van der Waals surface area (Å²) in [7, 11) is 1.81. The van der Waals surface area contributed by atoms with Gasteiger partial charge < -0.3 is 20.3 Å². The van der Waals surface area contributed by atoms with E-state index in [1.807, 2.05) is 36.2 Å². The average molecular weight is 358 g/mol. The maximum Gasteiger partial charge on any atom is 0.265 e. The Morgan fingerprint density at radius 2 is 2.04 bits per heavy atom. The standard InChI is InChI=1S/C20H30N4O2/c1-15-8-10-16(11-9-15)23-20(21-2)22-12-5-13-24-17-6-3-4-7-18(17)26-14-19(24)25/h3-4,6-7,15-16H,5,8-14H2,1-2H3,(H2,21,22,23). The van der Waals surface area contributed by atoms with Crippen LogP contribution in [0.25, 0.3) is 0 Å². The lowest BCUT2D eigenvalue weighted by Crippen LogP contribution is -2.46. The Kier molecular flexibility index (Phi) is 6.36. The number of anilines is 1. The SMILES string of the molecule is CN=C(NCCCN1C(=O)COc2ccccc21)NC1CCC(C)CC1. The largest absolute Gasteiger partial charge is 0.482 e. The third-order valence-electron chi connectivity index (χ3n) is 5.24. The van der Waals surface area contributed by atoms with Gasteiger partial charge in [-0.15, -0.1) is 0 Å². The molecule has 2 N–H and O–H groups in total. The van der Waals surface area contributed by atoms with Crippen LogP contribution < -0.4 is 20.3 Å². The number of para-hydroxylation sites is 2. The van der Waals surface area contributed by atoms with Crippen LogP contribution in [0.3, 0.4) is 0 Å². The topological polar surface area (TPSA) is 66.0 Å². The lowest BCUT2D eigenvalue weighted by molar-refractivity contribution is -0.121. The summed E-state index contributed by atoms with van der Waals surface area (Å²) in [4.78, 5) is 18.3. The second-order valence-corrected chi connectivity index (χ2v) is 7.26. The van der Waals surface area contributed by atoms with Gasteiger partial charge in [-0.25, -0.2) is 0 Å². The summed E-state index contributed by atoms with van der Waals surface area (Å²) in [5, 5.41) is 6.90. The van der Waals surface area contributed by atoms with Crippen molar-refractivity contribution < 1.29 is 9.53 Å². The molecule has 0 saturated heterocycles. The number of carbonyl (C=O) groups is 1. The molecule has 1 aliphatic heterocycles. The summed E-state index contributed by atoms with van der Waals surface area (Å²) < 4.78 is 5.48. The second kappa shape index (κ2) is 8.92. The first-order chi connectivity index (χ1) is 12.7. The Labute approximate surface area is 156 Å². The highest BCUT2D eigenvalue weighted by atomic mass is 16.5. The molecule has 0 unspecified atom stereocenters. The highest BCUT2D eigenvalue weighted by Crippen LogP contribution is 2.31. The van der Waals surface area contributed by atoms with Crippen molar-refractivity contribution in [1.82, 2.24) is 10.6 Å². The molecule has 1 aromatic rings. The molecule has 2 aliphatic rings. The number of aliphatic imine (C=N–C) groups is 1. The number of ether oxygens (including phenoxy) is 1. The number of hydrogen-bond donors (Lipinski definition) is 2. The van der Waals surface area contributed by atoms with E-state index in [1.54, 1.807) is 0 Å². The number of fused-ring (bicyclic) bond motifs is 1. The van der Waals surface area contributed by atoms with E-state index < -0.39 is 0 Å². The minimum atomic E-state index is 0.0162. The monoisotopic (exact) mass is 358 g/mol. The normalized spacial score (nSPS) is 23.2. The molecule has 1 heterocycles. The number of nitrogens with zero attached hydrogens (tertiary/aromatic N) is 2. The molecule has 1 fully saturated rings. The molecule has 142 valence electrons. The summed E-state index contributed by atoms with van der Waals surface area (Å²) >= 11 is 0. The highest BCUT2D eigenvalue weighted by Gasteiger charge is 2.24. The Morgan fingerprint density at radius 1 is 1.27 bits per heavy atom. The molecule has 1 amide bonds. The lowest BCUT2D eigenvalue weighted by atomic mass is 9.87. The molecular formula is C20H30N4O2. The van der Waals surface area contributed by atoms with Crippen molar-refractivity contribution in [2.75, 3.05) is 31.6 Å². The highest BCUT2D eigenvalue weighted by molar-refractivity contribution is 5.97. The van der Waals surface area contributed by atoms with Crippen LogP contribution in [-0.2, 0) is 4.79 Å². The Bertz CT molecular complexity index is 638. The fourth-order valence-corrected chi connectivity index (χ4v) is 3.64. The molecule has 6 nitrogen and oxygen atoms in total. The van der Waals surface area contributed by atoms with E-state index in [0.29, 0.717) is 12.6 Å². The molecule has 1 aromatic carbocycles. The van der Waals surface area contributed by atoms with Gasteiger partial charge in [0.2, 0.25) is 0 Å². The van der Waals surface area contributed by atoms with Crippen molar-refractivity contribution in [2.45, 2.75) is 45.1 Å². The van der Waals surface area contributed by atoms with Crippen LogP contribution in [0.15, 0.2) is 29.3 Å². The van der Waals surface area contributed by atoms with Crippen molar-refractivity contribution in [3.63, 3.8) is 0 Å². The number of guanidine groups is 1. The predicted octanol–water partition coefficient (Wildman–Crippen LogP) is 2.55. The van der Waals surface area contributed by atoms with Gasteiger partial charge in [-0.3, -0.25) is 9.79 Å². The van der Waals surface area contributed by atoms with Crippen LogP contribution in [0, 0.1) is 5.92 Å². The van der Waals surface area contributed by atoms with Gasteiger partial charge in [0, 0.05) is 26.2 Å². The first-order valence-electron chi connectivity index (χ1n) is 9.66. The van der Waals surface area contributed by atoms with Crippen molar-refractivity contribution >= 4 is 17.6 Å². The van der Waals surface area contributed by atoms with Gasteiger partial charge in [0.15, 0.2) is 12.6 Å². The molecule has 0 spiro atoms. The van der Waals surface area contributed by atoms with Gasteiger partial charge in [0.05, 0.1) is 5.69 Å². The Hall–Kier alpha value is -2.24. The van der Waals surface area contributed by atoms with Crippen LogP contribution in [-0.4, -0.2) is 44.7 Å². The van der Waals surface area contributed by atoms with E-state index in [9.17, 15) is 4.79 Å². The smallest absolute Gasteiger partial charge is 0.265 e. The van der Waals surface area contributed by atoms with Gasteiger partial charge in [-0.05, 0) is 50.2 Å². The minimum Gasteiger partial charge on any atom is -0.482 e. The van der Waals surface area contributed by atoms with Crippen LogP contribution in [0.5, 0.6) is 5.75 Å². The van der Waals surface area contributed by atoms with Crippen LogP contribution in [0.1, 0.15) is 39.0 Å². The Morgan fingerprint density at radius 3 is 2.81 bits per heavy atom. The van der Waals surface area contributed by atoms with E-state index >= 15 is 0 Å². The molecule has 3 rings (SSSR count). The zero-order valence-electron chi connectivity index (χ0n) is 15.8. The second-order valence-electron chi connectivity index (χ2n) is 7.26. The van der Waals surface area contributed by atoms with Crippen LogP contribution in [0.4, 0.5) is 5.69 Å². The number of benzene rings is 1. The molecule has 0 aromatic heterocycles. The maximum absolute atomic E-state index is 12.2. The van der Waals surface area contributed by atoms with Gasteiger partial charge >= 0.3 is 0 Å². The quantitative estimate of drug-likeness (QED) is 0.482. The molecule has 0 atom stereocenters. The first kappa shape index (κ1) is 18.5. The minimum absolute atomic E-state index is 0.0162. The van der Waals surface area contributed by atoms with Crippen molar-refractivity contribution in [2.24, 2.45) is 10.9 Å². The first-order valence-corrected chi connectivity index (χ1v) is 9.66. The van der Waals surface area contributed by atoms with Crippen molar-refractivity contribution in [3.8, 4) is 5.75 Å². The zero-order chi connectivity index (χ0) is 18.4. The summed E-state index contributed by atoms with van der Waals surface area (Å²) in [6.45, 7) is 3.89. The number of carbonyl (C=O) groups excluding carboxylic acids is 1. The summed E-state index contributed by atoms with van der Waals surface area (Å²) in [6.07, 6.45) is 5.84. The number of hydrogen-bond acceptors (Lipinski definition) is 3. The van der Waals surface area contributed by atoms with Gasteiger partial charge in [-0.2, -0.15) is 0 Å². The summed E-state index contributed by atoms with van der Waals surface area (Å²) in [5.41, 5.74) is 0.864. The molecule has 0 radical (unpaired) electrons. The molecular weight excluding hydrogens is 328 g/mol.